The van der Waals surface area contributed by atoms with Crippen molar-refractivity contribution in [3.63, 3.8) is 0 Å². The molecule has 1 aromatic carbocycles. The summed E-state index contributed by atoms with van der Waals surface area (Å²) in [6.45, 7) is 0.671. The normalized spacial score (nSPS) is 13.0. The number of carbonyl (C=O) groups is 1. The van der Waals surface area contributed by atoms with Crippen molar-refractivity contribution in [1.82, 2.24) is 4.57 Å². The molecule has 3 rings (SSSR count). The van der Waals surface area contributed by atoms with Crippen LogP contribution in [0.15, 0.2) is 39.6 Å². The van der Waals surface area contributed by atoms with Crippen LogP contribution in [0, 0.1) is 0 Å². The molecule has 5 heteroatoms. The number of ether oxygens (including phenoxy) is 1. The number of carbonyl (C=O) groups excluding carboxylic acids is 1. The number of methoxy groups -OCH3 is 1. The molecule has 0 saturated carbocycles. The highest BCUT2D eigenvalue weighted by Gasteiger charge is 2.23. The summed E-state index contributed by atoms with van der Waals surface area (Å²) >= 11 is 3.44. The maximum Gasteiger partial charge on any atom is 0.339 e. The minimum Gasteiger partial charge on any atom is -0.465 e. The van der Waals surface area contributed by atoms with Crippen LogP contribution in [0.3, 0.4) is 0 Å². The number of hydrogen-bond acceptors (Lipinski definition) is 3. The number of fused-ring (bicyclic) bond motifs is 1. The van der Waals surface area contributed by atoms with Gasteiger partial charge in [0.05, 0.1) is 12.7 Å². The van der Waals surface area contributed by atoms with Crippen molar-refractivity contribution in [3.8, 4) is 0 Å². The number of benzene rings is 1. The van der Waals surface area contributed by atoms with Crippen LogP contribution in [-0.4, -0.2) is 17.6 Å². The molecule has 0 N–H and O–H groups in total. The van der Waals surface area contributed by atoms with E-state index in [1.54, 1.807) is 10.6 Å². The third-order valence-corrected chi connectivity index (χ3v) is 4.45. The van der Waals surface area contributed by atoms with E-state index < -0.39 is 0 Å². The van der Waals surface area contributed by atoms with Crippen LogP contribution in [-0.2, 0) is 24.1 Å². The van der Waals surface area contributed by atoms with Crippen LogP contribution in [0.4, 0.5) is 0 Å². The maximum absolute atomic E-state index is 12.6. The molecule has 0 saturated heterocycles. The number of nitrogens with zero attached hydrogens (tertiary/aromatic N) is 1. The fraction of sp³-hybridized carbons (Fsp3) is 0.294. The highest BCUT2D eigenvalue weighted by atomic mass is 79.9. The van der Waals surface area contributed by atoms with Gasteiger partial charge in [-0.1, -0.05) is 28.1 Å². The van der Waals surface area contributed by atoms with Gasteiger partial charge in [0.2, 0.25) is 0 Å². The van der Waals surface area contributed by atoms with Crippen molar-refractivity contribution in [2.45, 2.75) is 25.8 Å². The largest absolute Gasteiger partial charge is 0.465 e. The van der Waals surface area contributed by atoms with E-state index in [1.165, 1.54) is 7.11 Å². The Morgan fingerprint density at radius 2 is 2.18 bits per heavy atom. The van der Waals surface area contributed by atoms with Crippen LogP contribution in [0.25, 0.3) is 0 Å². The van der Waals surface area contributed by atoms with Crippen molar-refractivity contribution >= 4 is 21.9 Å². The first kappa shape index (κ1) is 15.0. The molecule has 1 aliphatic rings. The van der Waals surface area contributed by atoms with Gasteiger partial charge in [-0.3, -0.25) is 4.79 Å². The number of hydrogen-bond donors (Lipinski definition) is 0. The fourth-order valence-corrected chi connectivity index (χ4v) is 3.40. The van der Waals surface area contributed by atoms with Gasteiger partial charge in [-0.05, 0) is 36.6 Å². The number of rotatable bonds is 3. The van der Waals surface area contributed by atoms with Crippen molar-refractivity contribution in [2.75, 3.05) is 7.11 Å². The molecule has 2 aromatic rings. The summed E-state index contributed by atoms with van der Waals surface area (Å²) in [5.41, 5.74) is 2.98. The highest BCUT2D eigenvalue weighted by molar-refractivity contribution is 9.10. The molecule has 0 bridgehead atoms. The molecule has 0 aliphatic carbocycles. The molecule has 1 aliphatic heterocycles. The van der Waals surface area contributed by atoms with E-state index in [4.69, 9.17) is 4.74 Å². The Bertz CT molecular complexity index is 795. The van der Waals surface area contributed by atoms with Crippen molar-refractivity contribution in [3.05, 3.63) is 67.5 Å². The first-order valence-electron chi connectivity index (χ1n) is 7.18. The Morgan fingerprint density at radius 3 is 2.91 bits per heavy atom. The van der Waals surface area contributed by atoms with Crippen molar-refractivity contribution in [2.24, 2.45) is 0 Å². The van der Waals surface area contributed by atoms with Gasteiger partial charge in [0.25, 0.3) is 5.56 Å². The lowest BCUT2D eigenvalue weighted by molar-refractivity contribution is 0.0598. The zero-order valence-electron chi connectivity index (χ0n) is 12.3. The third kappa shape index (κ3) is 2.73. The predicted molar refractivity (Wildman–Crippen MR) is 87.3 cm³/mol. The second kappa shape index (κ2) is 6.08. The Labute approximate surface area is 136 Å². The average Bonchev–Trinajstić information content (AvgIpc) is 2.99. The molecule has 0 fully saturated rings. The first-order chi connectivity index (χ1) is 10.6. The molecule has 0 spiro atoms. The summed E-state index contributed by atoms with van der Waals surface area (Å²) in [6, 6.07) is 9.53. The summed E-state index contributed by atoms with van der Waals surface area (Å²) in [7, 11) is 1.37. The summed E-state index contributed by atoms with van der Waals surface area (Å²) in [4.78, 5) is 24.6. The Hall–Kier alpha value is -1.88. The minimum absolute atomic E-state index is 0.000119. The van der Waals surface area contributed by atoms with Crippen LogP contribution in [0.1, 0.15) is 33.6 Å². The molecule has 0 amide bonds. The molecule has 4 nitrogen and oxygen atoms in total. The van der Waals surface area contributed by atoms with Gasteiger partial charge < -0.3 is 9.30 Å². The van der Waals surface area contributed by atoms with Gasteiger partial charge in [0, 0.05) is 28.7 Å². The van der Waals surface area contributed by atoms with Crippen LogP contribution < -0.4 is 5.56 Å². The first-order valence-corrected chi connectivity index (χ1v) is 7.98. The summed E-state index contributed by atoms with van der Waals surface area (Å²) in [6.07, 6.45) is 2.14. The van der Waals surface area contributed by atoms with E-state index in [0.717, 1.165) is 28.6 Å². The lowest BCUT2D eigenvalue weighted by atomic mass is 10.0. The molecule has 114 valence electrons. The molecule has 22 heavy (non-hydrogen) atoms. The Morgan fingerprint density at radius 1 is 1.36 bits per heavy atom. The van der Waals surface area contributed by atoms with E-state index in [-0.39, 0.29) is 11.5 Å². The molecule has 1 aromatic heterocycles. The summed E-state index contributed by atoms with van der Waals surface area (Å²) < 4.78 is 7.56. The lowest BCUT2D eigenvalue weighted by Gasteiger charge is -2.12. The standard InChI is InChI=1S/C17H16BrNO3/c1-22-17(21)14-10-12(8-11-4-2-5-13(18)9-11)16(20)19-7-3-6-15(14)19/h2,4-5,9-10H,3,6-8H2,1H3. The molecule has 0 radical (unpaired) electrons. The van der Waals surface area contributed by atoms with E-state index in [2.05, 4.69) is 15.9 Å². The topological polar surface area (TPSA) is 48.3 Å². The van der Waals surface area contributed by atoms with Crippen molar-refractivity contribution < 1.29 is 9.53 Å². The van der Waals surface area contributed by atoms with Gasteiger partial charge in [0.15, 0.2) is 0 Å². The highest BCUT2D eigenvalue weighted by Crippen LogP contribution is 2.21. The van der Waals surface area contributed by atoms with Crippen molar-refractivity contribution in [1.29, 1.82) is 0 Å². The monoisotopic (exact) mass is 361 g/mol. The number of esters is 1. The number of halogens is 1. The van der Waals surface area contributed by atoms with E-state index in [9.17, 15) is 9.59 Å². The minimum atomic E-state index is -0.374. The van der Waals surface area contributed by atoms with Gasteiger partial charge in [-0.25, -0.2) is 4.79 Å². The number of pyridine rings is 1. The lowest BCUT2D eigenvalue weighted by Crippen LogP contribution is -2.26. The SMILES string of the molecule is COC(=O)c1cc(Cc2cccc(Br)c2)c(=O)n2c1CCC2. The van der Waals surface area contributed by atoms with Crippen LogP contribution >= 0.6 is 15.9 Å². The number of aromatic nitrogens is 1. The second-order valence-electron chi connectivity index (χ2n) is 5.39. The summed E-state index contributed by atoms with van der Waals surface area (Å²) in [5, 5.41) is 0. The smallest absolute Gasteiger partial charge is 0.339 e. The zero-order chi connectivity index (χ0) is 15.7. The van der Waals surface area contributed by atoms with E-state index >= 15 is 0 Å². The molecule has 0 atom stereocenters. The zero-order valence-corrected chi connectivity index (χ0v) is 13.9. The Balaban J connectivity index is 2.08. The van der Waals surface area contributed by atoms with Gasteiger partial charge >= 0.3 is 5.97 Å². The van der Waals surface area contributed by atoms with Gasteiger partial charge in [-0.15, -0.1) is 0 Å². The Kier molecular flexibility index (Phi) is 4.16. The van der Waals surface area contributed by atoms with Gasteiger partial charge in [0.1, 0.15) is 0 Å². The van der Waals surface area contributed by atoms with Crippen LogP contribution in [0.2, 0.25) is 0 Å². The third-order valence-electron chi connectivity index (χ3n) is 3.96. The average molecular weight is 362 g/mol. The molecule has 0 unspecified atom stereocenters. The quantitative estimate of drug-likeness (QED) is 0.789. The fourth-order valence-electron chi connectivity index (χ4n) is 2.95. The van der Waals surface area contributed by atoms with Crippen LogP contribution in [0.5, 0.6) is 0 Å². The van der Waals surface area contributed by atoms with Gasteiger partial charge in [-0.2, -0.15) is 0 Å². The second-order valence-corrected chi connectivity index (χ2v) is 6.30. The van der Waals surface area contributed by atoms with E-state index in [0.29, 0.717) is 24.1 Å². The molecule has 2 heterocycles. The van der Waals surface area contributed by atoms with E-state index in [1.807, 2.05) is 24.3 Å². The maximum atomic E-state index is 12.6. The molecular formula is C17H16BrNO3. The summed E-state index contributed by atoms with van der Waals surface area (Å²) in [5.74, 6) is -0.374. The predicted octanol–water partition coefficient (Wildman–Crippen LogP) is 2.93. The molecular weight excluding hydrogens is 346 g/mol.